The Bertz CT molecular complexity index is 400. The van der Waals surface area contributed by atoms with E-state index in [2.05, 4.69) is 36.5 Å². The standard InChI is InChI=1S/C10H15BrN4O/c11-8-9(14-6-15-10(8)16)13-5-3-7-2-1-4-12-7/h6-7,12H,1-5H2,(H2,13,14,15,16). The topological polar surface area (TPSA) is 69.8 Å². The second-order valence-corrected chi connectivity index (χ2v) is 4.70. The van der Waals surface area contributed by atoms with Gasteiger partial charge in [0.25, 0.3) is 5.56 Å². The molecule has 3 N–H and O–H groups in total. The molecule has 1 atom stereocenters. The Hall–Kier alpha value is -0.880. The van der Waals surface area contributed by atoms with Gasteiger partial charge in [-0.15, -0.1) is 0 Å². The van der Waals surface area contributed by atoms with E-state index >= 15 is 0 Å². The van der Waals surface area contributed by atoms with Crippen molar-refractivity contribution in [2.75, 3.05) is 18.4 Å². The minimum absolute atomic E-state index is 0.156. The monoisotopic (exact) mass is 286 g/mol. The van der Waals surface area contributed by atoms with Gasteiger partial charge in [-0.25, -0.2) is 4.98 Å². The van der Waals surface area contributed by atoms with Gasteiger partial charge in [-0.05, 0) is 41.7 Å². The number of hydrogen-bond donors (Lipinski definition) is 3. The Morgan fingerprint density at radius 1 is 1.62 bits per heavy atom. The van der Waals surface area contributed by atoms with Gasteiger partial charge in [0.15, 0.2) is 0 Å². The number of hydrogen-bond acceptors (Lipinski definition) is 4. The lowest BCUT2D eigenvalue weighted by Gasteiger charge is -2.11. The number of H-pyrrole nitrogens is 1. The van der Waals surface area contributed by atoms with Crippen LogP contribution in [0.25, 0.3) is 0 Å². The maximum Gasteiger partial charge on any atom is 0.267 e. The van der Waals surface area contributed by atoms with Gasteiger partial charge in [0, 0.05) is 12.6 Å². The van der Waals surface area contributed by atoms with Crippen LogP contribution in [0, 0.1) is 0 Å². The number of aromatic amines is 1. The normalized spacial score (nSPS) is 19.9. The predicted octanol–water partition coefficient (Wildman–Crippen LogP) is 1.09. The summed E-state index contributed by atoms with van der Waals surface area (Å²) < 4.78 is 0.467. The highest BCUT2D eigenvalue weighted by atomic mass is 79.9. The Labute approximate surface area is 102 Å². The lowest BCUT2D eigenvalue weighted by molar-refractivity contribution is 0.574. The number of nitrogens with one attached hydrogen (secondary N) is 3. The molecule has 1 aliphatic heterocycles. The van der Waals surface area contributed by atoms with Crippen molar-refractivity contribution in [2.24, 2.45) is 0 Å². The highest BCUT2D eigenvalue weighted by Gasteiger charge is 2.13. The predicted molar refractivity (Wildman–Crippen MR) is 66.7 cm³/mol. The van der Waals surface area contributed by atoms with Gasteiger partial charge in [0.2, 0.25) is 0 Å². The lowest BCUT2D eigenvalue weighted by atomic mass is 10.1. The molecule has 6 heteroatoms. The molecule has 1 aromatic rings. The van der Waals surface area contributed by atoms with Crippen molar-refractivity contribution in [1.82, 2.24) is 15.3 Å². The summed E-state index contributed by atoms with van der Waals surface area (Å²) in [5.41, 5.74) is -0.156. The zero-order chi connectivity index (χ0) is 11.4. The second-order valence-electron chi connectivity index (χ2n) is 3.90. The third-order valence-corrected chi connectivity index (χ3v) is 3.48. The van der Waals surface area contributed by atoms with Crippen molar-refractivity contribution < 1.29 is 0 Å². The summed E-state index contributed by atoms with van der Waals surface area (Å²) in [7, 11) is 0. The van der Waals surface area contributed by atoms with Crippen LogP contribution in [-0.4, -0.2) is 29.1 Å². The van der Waals surface area contributed by atoms with Crippen LogP contribution in [0.5, 0.6) is 0 Å². The van der Waals surface area contributed by atoms with E-state index < -0.39 is 0 Å². The summed E-state index contributed by atoms with van der Waals surface area (Å²) in [5.74, 6) is 0.613. The number of aromatic nitrogens is 2. The quantitative estimate of drug-likeness (QED) is 0.775. The first-order chi connectivity index (χ1) is 7.77. The van der Waals surface area contributed by atoms with E-state index in [1.54, 1.807) is 0 Å². The Morgan fingerprint density at radius 2 is 2.50 bits per heavy atom. The Kier molecular flexibility index (Phi) is 3.95. The summed E-state index contributed by atoms with van der Waals surface area (Å²) in [6.07, 6.45) is 4.97. The zero-order valence-corrected chi connectivity index (χ0v) is 10.5. The molecule has 1 fully saturated rings. The van der Waals surface area contributed by atoms with E-state index in [4.69, 9.17) is 0 Å². The maximum absolute atomic E-state index is 11.3. The molecule has 0 spiro atoms. The summed E-state index contributed by atoms with van der Waals surface area (Å²) in [4.78, 5) is 17.8. The molecule has 0 aliphatic carbocycles. The first kappa shape index (κ1) is 11.6. The van der Waals surface area contributed by atoms with Gasteiger partial charge >= 0.3 is 0 Å². The van der Waals surface area contributed by atoms with Crippen LogP contribution < -0.4 is 16.2 Å². The average Bonchev–Trinajstić information content (AvgIpc) is 2.77. The molecule has 1 unspecified atom stereocenters. The van der Waals surface area contributed by atoms with Gasteiger partial charge in [-0.3, -0.25) is 4.79 Å². The van der Waals surface area contributed by atoms with Crippen molar-refractivity contribution >= 4 is 21.7 Å². The Balaban J connectivity index is 1.84. The minimum Gasteiger partial charge on any atom is -0.369 e. The van der Waals surface area contributed by atoms with Gasteiger partial charge in [-0.2, -0.15) is 0 Å². The number of rotatable bonds is 4. The molecule has 16 heavy (non-hydrogen) atoms. The smallest absolute Gasteiger partial charge is 0.267 e. The summed E-state index contributed by atoms with van der Waals surface area (Å²) in [5, 5.41) is 6.59. The molecule has 1 saturated heterocycles. The van der Waals surface area contributed by atoms with Crippen molar-refractivity contribution in [1.29, 1.82) is 0 Å². The van der Waals surface area contributed by atoms with E-state index in [9.17, 15) is 4.79 Å². The highest BCUT2D eigenvalue weighted by Crippen LogP contribution is 2.14. The van der Waals surface area contributed by atoms with Crippen LogP contribution in [0.4, 0.5) is 5.82 Å². The zero-order valence-electron chi connectivity index (χ0n) is 8.92. The molecule has 88 valence electrons. The fourth-order valence-electron chi connectivity index (χ4n) is 1.87. The molecule has 0 saturated carbocycles. The number of anilines is 1. The van der Waals surface area contributed by atoms with Gasteiger partial charge in [0.1, 0.15) is 10.3 Å². The van der Waals surface area contributed by atoms with Crippen molar-refractivity contribution in [3.05, 3.63) is 21.2 Å². The first-order valence-electron chi connectivity index (χ1n) is 5.48. The fraction of sp³-hybridized carbons (Fsp3) is 0.600. The van der Waals surface area contributed by atoms with Gasteiger partial charge in [0.05, 0.1) is 6.33 Å². The van der Waals surface area contributed by atoms with Crippen LogP contribution in [0.2, 0.25) is 0 Å². The average molecular weight is 287 g/mol. The molecular formula is C10H15BrN4O. The molecular weight excluding hydrogens is 272 g/mol. The Morgan fingerprint density at radius 3 is 3.25 bits per heavy atom. The van der Waals surface area contributed by atoms with Gasteiger partial charge in [-0.1, -0.05) is 0 Å². The maximum atomic E-state index is 11.3. The van der Waals surface area contributed by atoms with Crippen molar-refractivity contribution in [3.63, 3.8) is 0 Å². The van der Waals surface area contributed by atoms with E-state index in [0.717, 1.165) is 19.5 Å². The first-order valence-corrected chi connectivity index (χ1v) is 6.27. The third kappa shape index (κ3) is 2.82. The van der Waals surface area contributed by atoms with E-state index in [1.807, 2.05) is 0 Å². The number of halogens is 1. The van der Waals surface area contributed by atoms with E-state index in [-0.39, 0.29) is 5.56 Å². The van der Waals surface area contributed by atoms with Crippen LogP contribution in [0.1, 0.15) is 19.3 Å². The van der Waals surface area contributed by atoms with Crippen LogP contribution in [-0.2, 0) is 0 Å². The minimum atomic E-state index is -0.156. The lowest BCUT2D eigenvalue weighted by Crippen LogP contribution is -2.24. The van der Waals surface area contributed by atoms with Crippen LogP contribution in [0.3, 0.4) is 0 Å². The summed E-state index contributed by atoms with van der Waals surface area (Å²) >= 11 is 3.21. The van der Waals surface area contributed by atoms with Gasteiger partial charge < -0.3 is 15.6 Å². The van der Waals surface area contributed by atoms with Crippen molar-refractivity contribution in [2.45, 2.75) is 25.3 Å². The molecule has 5 nitrogen and oxygen atoms in total. The largest absolute Gasteiger partial charge is 0.369 e. The molecule has 1 aliphatic rings. The highest BCUT2D eigenvalue weighted by molar-refractivity contribution is 9.10. The van der Waals surface area contributed by atoms with E-state index in [1.165, 1.54) is 19.2 Å². The molecule has 1 aromatic heterocycles. The van der Waals surface area contributed by atoms with E-state index in [0.29, 0.717) is 16.3 Å². The van der Waals surface area contributed by atoms with Crippen LogP contribution >= 0.6 is 15.9 Å². The molecule has 2 heterocycles. The molecule has 0 aromatic carbocycles. The molecule has 0 radical (unpaired) electrons. The second kappa shape index (κ2) is 5.45. The molecule has 2 rings (SSSR count). The molecule has 0 amide bonds. The third-order valence-electron chi connectivity index (χ3n) is 2.74. The summed E-state index contributed by atoms with van der Waals surface area (Å²) in [6.45, 7) is 1.95. The molecule has 0 bridgehead atoms. The van der Waals surface area contributed by atoms with Crippen molar-refractivity contribution in [3.8, 4) is 0 Å². The summed E-state index contributed by atoms with van der Waals surface area (Å²) in [6, 6.07) is 0.605. The fourth-order valence-corrected chi connectivity index (χ4v) is 2.23. The number of nitrogens with zero attached hydrogens (tertiary/aromatic N) is 1. The SMILES string of the molecule is O=c1[nH]cnc(NCCC2CCCN2)c1Br. The van der Waals surface area contributed by atoms with Crippen LogP contribution in [0.15, 0.2) is 15.6 Å².